The van der Waals surface area contributed by atoms with Crippen molar-refractivity contribution in [2.24, 2.45) is 11.3 Å². The SMILES string of the molecule is C=C(Cl)C(C)(C)C(=O)N[C@@H]1C[C@H]1C. The molecular weight excluding hydrogens is 186 g/mol. The first-order valence-corrected chi connectivity index (χ1v) is 4.89. The van der Waals surface area contributed by atoms with E-state index in [2.05, 4.69) is 18.8 Å². The molecule has 0 saturated heterocycles. The third kappa shape index (κ3) is 2.25. The van der Waals surface area contributed by atoms with Gasteiger partial charge in [0.05, 0.1) is 5.41 Å². The minimum atomic E-state index is -0.663. The molecule has 1 rings (SSSR count). The van der Waals surface area contributed by atoms with Crippen LogP contribution in [-0.2, 0) is 4.79 Å². The summed E-state index contributed by atoms with van der Waals surface area (Å²) in [5.41, 5.74) is -0.663. The van der Waals surface area contributed by atoms with Crippen LogP contribution < -0.4 is 5.32 Å². The Morgan fingerprint density at radius 3 is 2.38 bits per heavy atom. The highest BCUT2D eigenvalue weighted by Gasteiger charge is 2.38. The summed E-state index contributed by atoms with van der Waals surface area (Å²) in [6.07, 6.45) is 1.08. The molecule has 13 heavy (non-hydrogen) atoms. The summed E-state index contributed by atoms with van der Waals surface area (Å²) in [6.45, 7) is 9.28. The molecule has 1 N–H and O–H groups in total. The van der Waals surface area contributed by atoms with Crippen molar-refractivity contribution in [3.05, 3.63) is 11.6 Å². The molecule has 1 amide bonds. The van der Waals surface area contributed by atoms with E-state index < -0.39 is 5.41 Å². The summed E-state index contributed by atoms with van der Waals surface area (Å²) in [4.78, 5) is 11.6. The van der Waals surface area contributed by atoms with Crippen LogP contribution in [0.4, 0.5) is 0 Å². The summed E-state index contributed by atoms with van der Waals surface area (Å²) in [7, 11) is 0. The van der Waals surface area contributed by atoms with Crippen molar-refractivity contribution in [3.8, 4) is 0 Å². The summed E-state index contributed by atoms with van der Waals surface area (Å²) in [6, 6.07) is 0.350. The van der Waals surface area contributed by atoms with Crippen molar-refractivity contribution in [2.45, 2.75) is 33.2 Å². The van der Waals surface area contributed by atoms with Crippen LogP contribution in [0.25, 0.3) is 0 Å². The predicted octanol–water partition coefficient (Wildman–Crippen LogP) is 2.29. The minimum Gasteiger partial charge on any atom is -0.352 e. The van der Waals surface area contributed by atoms with Crippen molar-refractivity contribution in [2.75, 3.05) is 0 Å². The summed E-state index contributed by atoms with van der Waals surface area (Å²) >= 11 is 5.75. The maximum Gasteiger partial charge on any atom is 0.231 e. The van der Waals surface area contributed by atoms with Crippen LogP contribution in [0, 0.1) is 11.3 Å². The van der Waals surface area contributed by atoms with Gasteiger partial charge in [0.2, 0.25) is 5.91 Å². The van der Waals surface area contributed by atoms with E-state index in [0.29, 0.717) is 17.0 Å². The topological polar surface area (TPSA) is 29.1 Å². The Morgan fingerprint density at radius 1 is 1.62 bits per heavy atom. The van der Waals surface area contributed by atoms with Gasteiger partial charge in [-0.1, -0.05) is 25.1 Å². The molecule has 0 unspecified atom stereocenters. The number of hydrogen-bond donors (Lipinski definition) is 1. The van der Waals surface area contributed by atoms with Gasteiger partial charge in [0.1, 0.15) is 0 Å². The molecular formula is C10H16ClNO. The van der Waals surface area contributed by atoms with Crippen molar-refractivity contribution in [1.82, 2.24) is 5.32 Å². The number of nitrogens with one attached hydrogen (secondary N) is 1. The molecule has 74 valence electrons. The molecule has 0 spiro atoms. The van der Waals surface area contributed by atoms with Crippen LogP contribution in [0.3, 0.4) is 0 Å². The Morgan fingerprint density at radius 2 is 2.08 bits per heavy atom. The Balaban J connectivity index is 2.51. The number of halogens is 1. The molecule has 2 atom stereocenters. The second-order valence-electron chi connectivity index (χ2n) is 4.32. The summed E-state index contributed by atoms with van der Waals surface area (Å²) < 4.78 is 0. The summed E-state index contributed by atoms with van der Waals surface area (Å²) in [5, 5.41) is 3.33. The number of amides is 1. The van der Waals surface area contributed by atoms with Crippen LogP contribution in [0.5, 0.6) is 0 Å². The van der Waals surface area contributed by atoms with Crippen LogP contribution in [0.2, 0.25) is 0 Å². The van der Waals surface area contributed by atoms with Crippen molar-refractivity contribution < 1.29 is 4.79 Å². The fraction of sp³-hybridized carbons (Fsp3) is 0.700. The maximum atomic E-state index is 11.6. The average molecular weight is 202 g/mol. The van der Waals surface area contributed by atoms with Gasteiger partial charge in [0.25, 0.3) is 0 Å². The molecule has 1 aliphatic carbocycles. The van der Waals surface area contributed by atoms with Gasteiger partial charge in [-0.25, -0.2) is 0 Å². The number of carbonyl (C=O) groups is 1. The zero-order chi connectivity index (χ0) is 10.2. The lowest BCUT2D eigenvalue weighted by Gasteiger charge is -2.22. The zero-order valence-corrected chi connectivity index (χ0v) is 9.11. The Labute approximate surface area is 84.3 Å². The second-order valence-corrected chi connectivity index (χ2v) is 4.78. The predicted molar refractivity (Wildman–Crippen MR) is 54.5 cm³/mol. The highest BCUT2D eigenvalue weighted by atomic mass is 35.5. The van der Waals surface area contributed by atoms with Gasteiger partial charge in [-0.15, -0.1) is 0 Å². The van der Waals surface area contributed by atoms with E-state index >= 15 is 0 Å². The third-order valence-corrected chi connectivity index (χ3v) is 3.14. The zero-order valence-electron chi connectivity index (χ0n) is 8.36. The van der Waals surface area contributed by atoms with E-state index in [4.69, 9.17) is 11.6 Å². The molecule has 1 saturated carbocycles. The lowest BCUT2D eigenvalue weighted by molar-refractivity contribution is -0.127. The van der Waals surface area contributed by atoms with Gasteiger partial charge in [0.15, 0.2) is 0 Å². The lowest BCUT2D eigenvalue weighted by Crippen LogP contribution is -2.38. The Bertz CT molecular complexity index is 247. The van der Waals surface area contributed by atoms with Gasteiger partial charge >= 0.3 is 0 Å². The molecule has 1 aliphatic rings. The average Bonchev–Trinajstić information content (AvgIpc) is 2.65. The minimum absolute atomic E-state index is 0.0261. The van der Waals surface area contributed by atoms with Gasteiger partial charge in [-0.3, -0.25) is 4.79 Å². The largest absolute Gasteiger partial charge is 0.352 e. The standard InChI is InChI=1S/C10H16ClNO/c1-6-5-8(6)12-9(13)10(3,4)7(2)11/h6,8H,2,5H2,1,3-4H3,(H,12,13)/t6-,8-/m1/s1. The molecule has 0 heterocycles. The van der Waals surface area contributed by atoms with E-state index in [1.165, 1.54) is 0 Å². The second kappa shape index (κ2) is 3.33. The molecule has 0 aromatic carbocycles. The maximum absolute atomic E-state index is 11.6. The third-order valence-electron chi connectivity index (χ3n) is 2.67. The molecule has 0 radical (unpaired) electrons. The lowest BCUT2D eigenvalue weighted by atomic mass is 9.92. The Hall–Kier alpha value is -0.500. The monoisotopic (exact) mass is 201 g/mol. The van der Waals surface area contributed by atoms with E-state index in [0.717, 1.165) is 6.42 Å². The first kappa shape index (κ1) is 10.6. The summed E-state index contributed by atoms with van der Waals surface area (Å²) in [5.74, 6) is 0.588. The smallest absolute Gasteiger partial charge is 0.231 e. The molecule has 1 fully saturated rings. The highest BCUT2D eigenvalue weighted by molar-refractivity contribution is 6.31. The molecule has 0 aromatic heterocycles. The van der Waals surface area contributed by atoms with Crippen LogP contribution in [0.15, 0.2) is 11.6 Å². The van der Waals surface area contributed by atoms with Gasteiger partial charge < -0.3 is 5.32 Å². The van der Waals surface area contributed by atoms with Crippen LogP contribution in [-0.4, -0.2) is 11.9 Å². The fourth-order valence-electron chi connectivity index (χ4n) is 0.995. The normalized spacial score (nSPS) is 26.8. The molecule has 3 heteroatoms. The number of rotatable bonds is 3. The van der Waals surface area contributed by atoms with Crippen molar-refractivity contribution >= 4 is 17.5 Å². The van der Waals surface area contributed by atoms with E-state index in [9.17, 15) is 4.79 Å². The van der Waals surface area contributed by atoms with Gasteiger partial charge in [0, 0.05) is 11.1 Å². The first-order valence-electron chi connectivity index (χ1n) is 4.51. The fourth-order valence-corrected chi connectivity index (χ4v) is 1.08. The van der Waals surface area contributed by atoms with Crippen LogP contribution >= 0.6 is 11.6 Å². The molecule has 2 nitrogen and oxygen atoms in total. The number of carbonyl (C=O) groups excluding carboxylic acids is 1. The molecule has 0 bridgehead atoms. The molecule has 0 aliphatic heterocycles. The van der Waals surface area contributed by atoms with E-state index in [1.807, 2.05) is 0 Å². The van der Waals surface area contributed by atoms with E-state index in [-0.39, 0.29) is 5.91 Å². The van der Waals surface area contributed by atoms with E-state index in [1.54, 1.807) is 13.8 Å². The molecule has 0 aromatic rings. The van der Waals surface area contributed by atoms with Gasteiger partial charge in [-0.05, 0) is 26.2 Å². The number of hydrogen-bond acceptors (Lipinski definition) is 1. The van der Waals surface area contributed by atoms with Crippen LogP contribution in [0.1, 0.15) is 27.2 Å². The highest BCUT2D eigenvalue weighted by Crippen LogP contribution is 2.33. The van der Waals surface area contributed by atoms with Gasteiger partial charge in [-0.2, -0.15) is 0 Å². The first-order chi connectivity index (χ1) is 5.85. The van der Waals surface area contributed by atoms with Crippen molar-refractivity contribution in [3.63, 3.8) is 0 Å². The van der Waals surface area contributed by atoms with Crippen molar-refractivity contribution in [1.29, 1.82) is 0 Å². The quantitative estimate of drug-likeness (QED) is 0.746. The Kier molecular flexibility index (Phi) is 2.71.